The number of nitrogens with zero attached hydrogens (tertiary/aromatic N) is 2. The van der Waals surface area contributed by atoms with Gasteiger partial charge in [0.15, 0.2) is 0 Å². The van der Waals surface area contributed by atoms with Gasteiger partial charge in [-0.1, -0.05) is 0 Å². The van der Waals surface area contributed by atoms with Crippen LogP contribution in [0.5, 0.6) is 0 Å². The molecule has 10 heteroatoms. The van der Waals surface area contributed by atoms with Gasteiger partial charge < -0.3 is 25.0 Å². The second kappa shape index (κ2) is 10.8. The van der Waals surface area contributed by atoms with Crippen LogP contribution in [0, 0.1) is 11.7 Å². The van der Waals surface area contributed by atoms with Crippen molar-refractivity contribution < 1.29 is 28.6 Å². The summed E-state index contributed by atoms with van der Waals surface area (Å²) < 4.78 is 20.4. The number of carbonyl (C=O) groups is 3. The van der Waals surface area contributed by atoms with Gasteiger partial charge in [-0.25, -0.2) is 9.18 Å². The lowest BCUT2D eigenvalue weighted by molar-refractivity contribution is -0.133. The number of carbonyl (C=O) groups excluding carboxylic acids is 3. The monoisotopic (exact) mass is 518 g/mol. The number of anilines is 2. The molecule has 0 bridgehead atoms. The molecule has 1 aromatic rings. The zero-order chi connectivity index (χ0) is 26.8. The number of ether oxygens (including phenoxy) is 1. The van der Waals surface area contributed by atoms with Gasteiger partial charge in [0.1, 0.15) is 17.5 Å². The molecule has 0 aliphatic carbocycles. The van der Waals surface area contributed by atoms with Crippen LogP contribution in [-0.4, -0.2) is 71.3 Å². The highest BCUT2D eigenvalue weighted by Crippen LogP contribution is 2.35. The van der Waals surface area contributed by atoms with Crippen molar-refractivity contribution >= 4 is 29.3 Å². The van der Waals surface area contributed by atoms with Crippen molar-refractivity contribution in [2.75, 3.05) is 36.4 Å². The molecule has 0 spiro atoms. The van der Waals surface area contributed by atoms with E-state index in [1.165, 1.54) is 6.07 Å². The number of aliphatic hydroxyl groups is 1. The first-order chi connectivity index (χ1) is 17.4. The van der Waals surface area contributed by atoms with Gasteiger partial charge in [-0.15, -0.1) is 0 Å². The number of amides is 3. The predicted molar refractivity (Wildman–Crippen MR) is 138 cm³/mol. The number of imide groups is 1. The quantitative estimate of drug-likeness (QED) is 0.512. The molecule has 3 fully saturated rings. The first-order valence-corrected chi connectivity index (χ1v) is 13.3. The summed E-state index contributed by atoms with van der Waals surface area (Å²) in [6.45, 7) is 7.88. The zero-order valence-electron chi connectivity index (χ0n) is 22.0. The summed E-state index contributed by atoms with van der Waals surface area (Å²) in [4.78, 5) is 39.3. The third-order valence-electron chi connectivity index (χ3n) is 7.50. The van der Waals surface area contributed by atoms with Crippen LogP contribution in [0.2, 0.25) is 0 Å². The van der Waals surface area contributed by atoms with Crippen LogP contribution in [0.3, 0.4) is 0 Å². The van der Waals surface area contributed by atoms with E-state index in [1.54, 1.807) is 17.0 Å². The Kier molecular flexibility index (Phi) is 7.96. The minimum Gasteiger partial charge on any atom is -0.444 e. The molecule has 3 heterocycles. The van der Waals surface area contributed by atoms with Gasteiger partial charge in [-0.05, 0) is 83.4 Å². The highest BCUT2D eigenvalue weighted by molar-refractivity contribution is 6.01. The standard InChI is InChI=1S/C27H39FN4O5/c1-26(2,3)37-25(35)32-14-10-27(36,11-15-32)17-18-8-12-31(13-9-18)22-6-4-19(16-20(22)28)29-21-5-7-23(33)30-24(21)34/h4,6,16,18,21,29,36H,5,7-15,17H2,1-3H3,(H,30,33,34). The number of halogens is 1. The second-order valence-corrected chi connectivity index (χ2v) is 11.6. The largest absolute Gasteiger partial charge is 0.444 e. The molecule has 204 valence electrons. The summed E-state index contributed by atoms with van der Waals surface area (Å²) in [6.07, 6.45) is 3.76. The van der Waals surface area contributed by atoms with E-state index in [2.05, 4.69) is 10.6 Å². The number of hydrogen-bond donors (Lipinski definition) is 3. The summed E-state index contributed by atoms with van der Waals surface area (Å²) in [5, 5.41) is 16.5. The van der Waals surface area contributed by atoms with E-state index < -0.39 is 17.2 Å². The summed E-state index contributed by atoms with van der Waals surface area (Å²) in [6, 6.07) is 4.33. The maximum Gasteiger partial charge on any atom is 0.410 e. The van der Waals surface area contributed by atoms with Crippen molar-refractivity contribution in [1.82, 2.24) is 10.2 Å². The Bertz CT molecular complexity index is 1010. The van der Waals surface area contributed by atoms with E-state index in [9.17, 15) is 23.9 Å². The van der Waals surface area contributed by atoms with Crippen LogP contribution >= 0.6 is 0 Å². The van der Waals surface area contributed by atoms with E-state index in [-0.39, 0.29) is 30.1 Å². The van der Waals surface area contributed by atoms with E-state index in [4.69, 9.17) is 4.74 Å². The smallest absolute Gasteiger partial charge is 0.410 e. The van der Waals surface area contributed by atoms with Gasteiger partial charge in [0, 0.05) is 38.3 Å². The maximum atomic E-state index is 15.0. The van der Waals surface area contributed by atoms with Crippen LogP contribution < -0.4 is 15.5 Å². The number of benzene rings is 1. The highest BCUT2D eigenvalue weighted by atomic mass is 19.1. The SMILES string of the molecule is CC(C)(C)OC(=O)N1CCC(O)(CC2CCN(c3ccc(NC4CCC(=O)NC4=O)cc3F)CC2)CC1. The lowest BCUT2D eigenvalue weighted by Gasteiger charge is -2.42. The molecular formula is C27H39FN4O5. The highest BCUT2D eigenvalue weighted by Gasteiger charge is 2.38. The molecule has 0 radical (unpaired) electrons. The van der Waals surface area contributed by atoms with E-state index in [1.807, 2.05) is 25.7 Å². The van der Waals surface area contributed by atoms with E-state index in [0.717, 1.165) is 12.8 Å². The van der Waals surface area contributed by atoms with Crippen molar-refractivity contribution in [2.24, 2.45) is 5.92 Å². The summed E-state index contributed by atoms with van der Waals surface area (Å²) in [5.74, 6) is -0.693. The van der Waals surface area contributed by atoms with Gasteiger partial charge in [-0.2, -0.15) is 0 Å². The maximum absolute atomic E-state index is 15.0. The molecule has 3 N–H and O–H groups in total. The Morgan fingerprint density at radius 3 is 2.43 bits per heavy atom. The number of likely N-dealkylation sites (tertiary alicyclic amines) is 1. The summed E-state index contributed by atoms with van der Waals surface area (Å²) in [5.41, 5.74) is -0.301. The van der Waals surface area contributed by atoms with Gasteiger partial charge in [-0.3, -0.25) is 14.9 Å². The summed E-state index contributed by atoms with van der Waals surface area (Å²) >= 11 is 0. The Morgan fingerprint density at radius 1 is 1.16 bits per heavy atom. The van der Waals surface area contributed by atoms with E-state index in [0.29, 0.717) is 69.2 Å². The molecule has 3 amide bonds. The Labute approximate surface area is 217 Å². The fourth-order valence-electron chi connectivity index (χ4n) is 5.44. The van der Waals surface area contributed by atoms with Crippen molar-refractivity contribution in [3.8, 4) is 0 Å². The van der Waals surface area contributed by atoms with Crippen LogP contribution in [0.15, 0.2) is 18.2 Å². The van der Waals surface area contributed by atoms with Gasteiger partial charge in [0.25, 0.3) is 0 Å². The van der Waals surface area contributed by atoms with Crippen molar-refractivity contribution in [1.29, 1.82) is 0 Å². The zero-order valence-corrected chi connectivity index (χ0v) is 22.0. The number of piperidine rings is 3. The molecule has 3 aliphatic rings. The molecule has 0 saturated carbocycles. The fourth-order valence-corrected chi connectivity index (χ4v) is 5.44. The first kappa shape index (κ1) is 27.2. The van der Waals surface area contributed by atoms with Crippen LogP contribution in [0.1, 0.15) is 65.7 Å². The number of hydrogen-bond acceptors (Lipinski definition) is 7. The molecule has 37 heavy (non-hydrogen) atoms. The normalized spacial score (nSPS) is 23.0. The lowest BCUT2D eigenvalue weighted by Crippen LogP contribution is -2.49. The average Bonchev–Trinajstić information content (AvgIpc) is 2.81. The summed E-state index contributed by atoms with van der Waals surface area (Å²) in [7, 11) is 0. The molecule has 1 aromatic carbocycles. The molecule has 0 aromatic heterocycles. The third kappa shape index (κ3) is 7.12. The van der Waals surface area contributed by atoms with Crippen molar-refractivity contribution in [3.63, 3.8) is 0 Å². The van der Waals surface area contributed by atoms with Crippen LogP contribution in [-0.2, 0) is 14.3 Å². The molecule has 3 aliphatic heterocycles. The molecule has 1 unspecified atom stereocenters. The van der Waals surface area contributed by atoms with Crippen molar-refractivity contribution in [2.45, 2.75) is 83.0 Å². The number of nitrogens with one attached hydrogen (secondary N) is 2. The molecule has 1 atom stereocenters. The second-order valence-electron chi connectivity index (χ2n) is 11.6. The lowest BCUT2D eigenvalue weighted by atomic mass is 9.79. The molecule has 9 nitrogen and oxygen atoms in total. The Balaban J connectivity index is 1.25. The fraction of sp³-hybridized carbons (Fsp3) is 0.667. The van der Waals surface area contributed by atoms with Gasteiger partial charge >= 0.3 is 6.09 Å². The topological polar surface area (TPSA) is 111 Å². The van der Waals surface area contributed by atoms with Crippen LogP contribution in [0.25, 0.3) is 0 Å². The Morgan fingerprint density at radius 2 is 1.84 bits per heavy atom. The minimum absolute atomic E-state index is 0.260. The first-order valence-electron chi connectivity index (χ1n) is 13.3. The minimum atomic E-state index is -0.792. The van der Waals surface area contributed by atoms with Gasteiger partial charge in [0.05, 0.1) is 11.3 Å². The number of rotatable bonds is 5. The third-order valence-corrected chi connectivity index (χ3v) is 7.50. The molecule has 3 saturated heterocycles. The van der Waals surface area contributed by atoms with Crippen molar-refractivity contribution in [3.05, 3.63) is 24.0 Å². The molecular weight excluding hydrogens is 479 g/mol. The predicted octanol–water partition coefficient (Wildman–Crippen LogP) is 3.41. The Hall–Kier alpha value is -2.88. The van der Waals surface area contributed by atoms with E-state index >= 15 is 0 Å². The van der Waals surface area contributed by atoms with Crippen LogP contribution in [0.4, 0.5) is 20.6 Å². The van der Waals surface area contributed by atoms with Gasteiger partial charge in [0.2, 0.25) is 11.8 Å². The molecule has 4 rings (SSSR count). The average molecular weight is 519 g/mol.